The van der Waals surface area contributed by atoms with E-state index in [0.29, 0.717) is 5.92 Å². The van der Waals surface area contributed by atoms with Crippen molar-refractivity contribution < 1.29 is 0 Å². The van der Waals surface area contributed by atoms with E-state index in [9.17, 15) is 0 Å². The van der Waals surface area contributed by atoms with E-state index in [1.807, 2.05) is 0 Å². The SMILES string of the molecule is CC(C)(C)c1cc2c3c(c1)N(c1cc4c5c(c1)CC=C1C=CC=C(C=C4)C15)c1ccccc1B3c1ccccc1-2. The van der Waals surface area contributed by atoms with Gasteiger partial charge in [-0.2, -0.15) is 0 Å². The zero-order chi connectivity index (χ0) is 26.7. The molecule has 0 N–H and O–H groups in total. The summed E-state index contributed by atoms with van der Waals surface area (Å²) in [6.45, 7) is 7.28. The minimum atomic E-state index is 0.0458. The van der Waals surface area contributed by atoms with Crippen LogP contribution in [-0.4, -0.2) is 6.71 Å². The minimum absolute atomic E-state index is 0.0458. The van der Waals surface area contributed by atoms with Crippen molar-refractivity contribution in [3.63, 3.8) is 0 Å². The highest BCUT2D eigenvalue weighted by Gasteiger charge is 2.43. The van der Waals surface area contributed by atoms with E-state index in [4.69, 9.17) is 0 Å². The summed E-state index contributed by atoms with van der Waals surface area (Å²) in [6.07, 6.45) is 14.9. The molecule has 3 aliphatic carbocycles. The molecule has 1 unspecified atom stereocenters. The van der Waals surface area contributed by atoms with Gasteiger partial charge in [0.05, 0.1) is 0 Å². The predicted molar refractivity (Wildman–Crippen MR) is 171 cm³/mol. The Kier molecular flexibility index (Phi) is 4.32. The summed E-state index contributed by atoms with van der Waals surface area (Å²) in [7, 11) is 0. The molecule has 0 saturated heterocycles. The molecule has 4 aromatic rings. The molecular weight excluding hydrogens is 481 g/mol. The lowest BCUT2D eigenvalue weighted by Gasteiger charge is -2.39. The third-order valence-corrected chi connectivity index (χ3v) is 9.69. The number of hydrogen-bond acceptors (Lipinski definition) is 1. The Hall–Kier alpha value is -4.30. The normalized spacial score (nSPS) is 18.5. The Morgan fingerprint density at radius 1 is 0.775 bits per heavy atom. The molecule has 4 aromatic carbocycles. The summed E-state index contributed by atoms with van der Waals surface area (Å²) in [5, 5.41) is 0. The van der Waals surface area contributed by atoms with E-state index < -0.39 is 0 Å². The minimum Gasteiger partial charge on any atom is -0.311 e. The highest BCUT2D eigenvalue weighted by molar-refractivity contribution is 7.01. The Morgan fingerprint density at radius 2 is 1.60 bits per heavy atom. The van der Waals surface area contributed by atoms with Crippen LogP contribution in [-0.2, 0) is 11.8 Å². The lowest BCUT2D eigenvalue weighted by Crippen LogP contribution is -2.54. The van der Waals surface area contributed by atoms with E-state index >= 15 is 0 Å². The van der Waals surface area contributed by atoms with Crippen molar-refractivity contribution in [1.82, 2.24) is 0 Å². The van der Waals surface area contributed by atoms with Crippen molar-refractivity contribution in [3.8, 4) is 11.1 Å². The van der Waals surface area contributed by atoms with Crippen molar-refractivity contribution >= 4 is 46.2 Å². The third kappa shape index (κ3) is 2.89. The van der Waals surface area contributed by atoms with E-state index in [2.05, 4.69) is 135 Å². The third-order valence-electron chi connectivity index (χ3n) is 9.69. The van der Waals surface area contributed by atoms with Gasteiger partial charge in [0.1, 0.15) is 0 Å². The van der Waals surface area contributed by atoms with E-state index in [0.717, 1.165) is 6.42 Å². The number of para-hydroxylation sites is 1. The molecule has 9 rings (SSSR count). The number of anilines is 3. The van der Waals surface area contributed by atoms with Crippen LogP contribution in [0, 0.1) is 0 Å². The molecule has 0 aromatic heterocycles. The quantitative estimate of drug-likeness (QED) is 0.209. The van der Waals surface area contributed by atoms with Gasteiger partial charge in [0.25, 0.3) is 0 Å². The van der Waals surface area contributed by atoms with Gasteiger partial charge in [0, 0.05) is 23.0 Å². The zero-order valence-corrected chi connectivity index (χ0v) is 23.2. The first-order chi connectivity index (χ1) is 19.5. The molecule has 0 bridgehead atoms. The Morgan fingerprint density at radius 3 is 2.48 bits per heavy atom. The lowest BCUT2D eigenvalue weighted by molar-refractivity contribution is 0.591. The lowest BCUT2D eigenvalue weighted by atomic mass is 9.37. The number of benzene rings is 4. The molecule has 0 amide bonds. The predicted octanol–water partition coefficient (Wildman–Crippen LogP) is 7.35. The Balaban J connectivity index is 1.33. The highest BCUT2D eigenvalue weighted by Crippen LogP contribution is 2.49. The summed E-state index contributed by atoms with van der Waals surface area (Å²) in [5.74, 6) is 0.379. The molecule has 2 aliphatic heterocycles. The topological polar surface area (TPSA) is 3.24 Å². The maximum absolute atomic E-state index is 2.57. The van der Waals surface area contributed by atoms with Crippen molar-refractivity contribution in [2.45, 2.75) is 38.5 Å². The van der Waals surface area contributed by atoms with Gasteiger partial charge < -0.3 is 4.90 Å². The molecular formula is C38H30BN. The molecule has 1 atom stereocenters. The number of rotatable bonds is 1. The van der Waals surface area contributed by atoms with E-state index in [-0.39, 0.29) is 12.1 Å². The molecule has 2 heterocycles. The van der Waals surface area contributed by atoms with Crippen LogP contribution in [0.3, 0.4) is 0 Å². The molecule has 0 saturated carbocycles. The molecule has 0 fully saturated rings. The van der Waals surface area contributed by atoms with E-state index in [1.54, 1.807) is 0 Å². The number of nitrogens with zero attached hydrogens (tertiary/aromatic N) is 1. The monoisotopic (exact) mass is 511 g/mol. The number of allylic oxidation sites excluding steroid dienone is 7. The Bertz CT molecular complexity index is 1930. The largest absolute Gasteiger partial charge is 0.311 e. The van der Waals surface area contributed by atoms with Gasteiger partial charge in [-0.1, -0.05) is 111 Å². The van der Waals surface area contributed by atoms with Crippen LogP contribution in [0.25, 0.3) is 17.2 Å². The number of fused-ring (bicyclic) bond motifs is 5. The van der Waals surface area contributed by atoms with Crippen molar-refractivity contribution in [1.29, 1.82) is 0 Å². The average molecular weight is 511 g/mol. The van der Waals surface area contributed by atoms with Gasteiger partial charge in [-0.25, -0.2) is 0 Å². The first-order valence-electron chi connectivity index (χ1n) is 14.6. The second-order valence-electron chi connectivity index (χ2n) is 12.9. The van der Waals surface area contributed by atoms with Crippen LogP contribution in [0.2, 0.25) is 0 Å². The smallest absolute Gasteiger partial charge is 0.248 e. The maximum atomic E-state index is 2.57. The first-order valence-corrected chi connectivity index (χ1v) is 14.6. The maximum Gasteiger partial charge on any atom is 0.248 e. The van der Waals surface area contributed by atoms with Crippen LogP contribution in [0.1, 0.15) is 48.9 Å². The summed E-state index contributed by atoms with van der Waals surface area (Å²) in [6, 6.07) is 28.0. The van der Waals surface area contributed by atoms with E-state index in [1.165, 1.54) is 78.0 Å². The molecule has 2 heteroatoms. The van der Waals surface area contributed by atoms with Crippen molar-refractivity contribution in [2.24, 2.45) is 0 Å². The summed E-state index contributed by atoms with van der Waals surface area (Å²) >= 11 is 0. The molecule has 1 nitrogen and oxygen atoms in total. The van der Waals surface area contributed by atoms with Gasteiger partial charge >= 0.3 is 0 Å². The zero-order valence-electron chi connectivity index (χ0n) is 23.2. The fourth-order valence-electron chi connectivity index (χ4n) is 7.85. The summed E-state index contributed by atoms with van der Waals surface area (Å²) in [4.78, 5) is 2.57. The molecule has 0 spiro atoms. The molecule has 40 heavy (non-hydrogen) atoms. The summed E-state index contributed by atoms with van der Waals surface area (Å²) in [5.41, 5.74) is 19.6. The van der Waals surface area contributed by atoms with Gasteiger partial charge in [-0.3, -0.25) is 0 Å². The van der Waals surface area contributed by atoms with Crippen LogP contribution in [0.4, 0.5) is 17.1 Å². The highest BCUT2D eigenvalue weighted by atomic mass is 15.2. The van der Waals surface area contributed by atoms with Crippen LogP contribution >= 0.6 is 0 Å². The fourth-order valence-corrected chi connectivity index (χ4v) is 7.85. The van der Waals surface area contributed by atoms with Crippen molar-refractivity contribution in [2.75, 3.05) is 4.90 Å². The second kappa shape index (κ2) is 7.67. The number of hydrogen-bond donors (Lipinski definition) is 0. The Labute approximate surface area is 237 Å². The van der Waals surface area contributed by atoms with Crippen LogP contribution < -0.4 is 21.3 Å². The molecule has 0 radical (unpaired) electrons. The van der Waals surface area contributed by atoms with Gasteiger partial charge in [-0.15, -0.1) is 0 Å². The molecule has 5 aliphatic rings. The van der Waals surface area contributed by atoms with Gasteiger partial charge in [0.2, 0.25) is 6.71 Å². The van der Waals surface area contributed by atoms with Crippen molar-refractivity contribution in [3.05, 3.63) is 137 Å². The average Bonchev–Trinajstić information content (AvgIpc) is 3.31. The first kappa shape index (κ1) is 22.5. The molecule has 190 valence electrons. The summed E-state index contributed by atoms with van der Waals surface area (Å²) < 4.78 is 0. The van der Waals surface area contributed by atoms with Gasteiger partial charge in [0.15, 0.2) is 0 Å². The standard InChI is InChI=1S/C38H30BN/c1-38(2,3)27-21-30-29-11-4-5-12-31(29)39-32-13-6-7-14-33(32)40(34(22-27)37(30)39)28-19-25-17-15-23-9-8-10-24-16-18-26(20-28)36(25)35(23)24/h4-17,19-22,35H,18H2,1-3H3. The van der Waals surface area contributed by atoms with Crippen LogP contribution in [0.5, 0.6) is 0 Å². The van der Waals surface area contributed by atoms with Gasteiger partial charge in [-0.05, 0) is 91.6 Å². The second-order valence-corrected chi connectivity index (χ2v) is 12.9. The fraction of sp³-hybridized carbons (Fsp3) is 0.158. The van der Waals surface area contributed by atoms with Crippen LogP contribution in [0.15, 0.2) is 114 Å².